The van der Waals surface area contributed by atoms with Crippen LogP contribution in [0.2, 0.25) is 0 Å². The summed E-state index contributed by atoms with van der Waals surface area (Å²) in [6.45, 7) is 24.4. The third-order valence-corrected chi connectivity index (χ3v) is 12.7. The Labute approximate surface area is 284 Å². The van der Waals surface area contributed by atoms with Crippen molar-refractivity contribution in [2.24, 2.45) is 29.6 Å². The third kappa shape index (κ3) is 4.25. The van der Waals surface area contributed by atoms with Gasteiger partial charge in [0.05, 0.1) is 0 Å². The lowest BCUT2D eigenvalue weighted by molar-refractivity contribution is 0.277. The highest BCUT2D eigenvalue weighted by Crippen LogP contribution is 2.66. The standard InChI is InChI=1S/C47H54/c1-26(2)21-30-15-17-34-32(22-30)16-18-35-42-40(47(45(34)35)24-37(27(3)4)41(29(7)8)38(25-47)28(5)6)20-19-39-43(42)36-23-31-13-11-12-14-33(31)44(36)46(39,9)10/h11-20,22,26-29,37H,21,23-25H2,1-10H3. The van der Waals surface area contributed by atoms with Crippen LogP contribution in [0.4, 0.5) is 0 Å². The highest BCUT2D eigenvalue weighted by Gasteiger charge is 2.53. The van der Waals surface area contributed by atoms with Crippen molar-refractivity contribution in [1.29, 1.82) is 0 Å². The van der Waals surface area contributed by atoms with Crippen LogP contribution in [-0.4, -0.2) is 0 Å². The van der Waals surface area contributed by atoms with Gasteiger partial charge in [-0.15, -0.1) is 0 Å². The number of allylic oxidation sites excluding steroid dienone is 4. The zero-order valence-corrected chi connectivity index (χ0v) is 30.6. The van der Waals surface area contributed by atoms with E-state index in [0.29, 0.717) is 29.6 Å². The predicted octanol–water partition coefficient (Wildman–Crippen LogP) is 12.7. The van der Waals surface area contributed by atoms with E-state index in [1.807, 2.05) is 0 Å². The highest BCUT2D eigenvalue weighted by molar-refractivity contribution is 6.11. The number of fused-ring (bicyclic) bond motifs is 12. The maximum Gasteiger partial charge on any atom is 0.0264 e. The molecule has 47 heavy (non-hydrogen) atoms. The molecule has 4 aromatic carbocycles. The van der Waals surface area contributed by atoms with Gasteiger partial charge >= 0.3 is 0 Å². The van der Waals surface area contributed by atoms with E-state index in [9.17, 15) is 0 Å². The van der Waals surface area contributed by atoms with Gasteiger partial charge in [-0.05, 0) is 127 Å². The van der Waals surface area contributed by atoms with Crippen molar-refractivity contribution in [2.75, 3.05) is 0 Å². The van der Waals surface area contributed by atoms with Crippen LogP contribution in [-0.2, 0) is 23.7 Å². The fourth-order valence-electron chi connectivity index (χ4n) is 10.9. The molecular formula is C47H54. The Balaban J connectivity index is 1.46. The molecule has 0 saturated heterocycles. The van der Waals surface area contributed by atoms with Gasteiger partial charge in [-0.25, -0.2) is 0 Å². The maximum atomic E-state index is 2.61. The lowest BCUT2D eigenvalue weighted by Crippen LogP contribution is -2.38. The van der Waals surface area contributed by atoms with E-state index in [1.54, 1.807) is 44.5 Å². The van der Waals surface area contributed by atoms with E-state index >= 15 is 0 Å². The molecule has 0 N–H and O–H groups in total. The van der Waals surface area contributed by atoms with E-state index in [4.69, 9.17) is 0 Å². The Morgan fingerprint density at radius 3 is 2.19 bits per heavy atom. The minimum atomic E-state index is -0.0232. The molecule has 0 fully saturated rings. The van der Waals surface area contributed by atoms with E-state index in [1.165, 1.54) is 45.0 Å². The van der Waals surface area contributed by atoms with Crippen LogP contribution in [0.1, 0.15) is 121 Å². The van der Waals surface area contributed by atoms with Crippen molar-refractivity contribution >= 4 is 21.9 Å². The van der Waals surface area contributed by atoms with Crippen LogP contribution in [0, 0.1) is 29.6 Å². The summed E-state index contributed by atoms with van der Waals surface area (Å²) >= 11 is 0. The molecule has 8 rings (SSSR count). The van der Waals surface area contributed by atoms with E-state index < -0.39 is 0 Å². The molecule has 0 radical (unpaired) electrons. The Morgan fingerprint density at radius 1 is 0.745 bits per heavy atom. The molecule has 0 heteroatoms. The van der Waals surface area contributed by atoms with Crippen molar-refractivity contribution in [3.63, 3.8) is 0 Å². The van der Waals surface area contributed by atoms with Gasteiger partial charge in [-0.3, -0.25) is 0 Å². The fraction of sp³-hybridized carbons (Fsp3) is 0.447. The zero-order valence-electron chi connectivity index (χ0n) is 30.6. The normalized spacial score (nSPS) is 22.3. The minimum Gasteiger partial charge on any atom is -0.0667 e. The SMILES string of the molecule is CC(C)Cc1ccc2c3c(ccc2c1)-c1c(ccc2c1C1=C(c4ccccc4C1)C2(C)C)C31CC(C(C)C)=C(C(C)C)C(C(C)C)C1. The molecular weight excluding hydrogens is 565 g/mol. The molecule has 4 aliphatic carbocycles. The van der Waals surface area contributed by atoms with Gasteiger partial charge in [-0.1, -0.05) is 147 Å². The largest absolute Gasteiger partial charge is 0.0667 e. The van der Waals surface area contributed by atoms with Crippen LogP contribution >= 0.6 is 0 Å². The Morgan fingerprint density at radius 2 is 1.49 bits per heavy atom. The van der Waals surface area contributed by atoms with Crippen LogP contribution < -0.4 is 0 Å². The van der Waals surface area contributed by atoms with Crippen molar-refractivity contribution in [1.82, 2.24) is 0 Å². The molecule has 4 aromatic rings. The van der Waals surface area contributed by atoms with E-state index in [2.05, 4.69) is 136 Å². The van der Waals surface area contributed by atoms with Crippen molar-refractivity contribution < 1.29 is 0 Å². The minimum absolute atomic E-state index is 0.00828. The van der Waals surface area contributed by atoms with Crippen molar-refractivity contribution in [3.05, 3.63) is 117 Å². The van der Waals surface area contributed by atoms with Crippen LogP contribution in [0.5, 0.6) is 0 Å². The van der Waals surface area contributed by atoms with Crippen LogP contribution in [0.25, 0.3) is 33.0 Å². The summed E-state index contributed by atoms with van der Waals surface area (Å²) in [5.74, 6) is 2.95. The summed E-state index contributed by atoms with van der Waals surface area (Å²) in [7, 11) is 0. The molecule has 0 bridgehead atoms. The molecule has 242 valence electrons. The Bertz CT molecular complexity index is 2020. The summed E-state index contributed by atoms with van der Waals surface area (Å²) in [6, 6.07) is 26.9. The van der Waals surface area contributed by atoms with Gasteiger partial charge in [0.2, 0.25) is 0 Å². The van der Waals surface area contributed by atoms with Gasteiger partial charge in [0, 0.05) is 10.8 Å². The summed E-state index contributed by atoms with van der Waals surface area (Å²) in [6.07, 6.45) is 4.53. The van der Waals surface area contributed by atoms with Gasteiger partial charge in [0.15, 0.2) is 0 Å². The number of benzene rings is 4. The number of hydrogen-bond donors (Lipinski definition) is 0. The monoisotopic (exact) mass is 618 g/mol. The first-order valence-electron chi connectivity index (χ1n) is 18.6. The van der Waals surface area contributed by atoms with Gasteiger partial charge in [-0.2, -0.15) is 0 Å². The molecule has 0 heterocycles. The first-order valence-corrected chi connectivity index (χ1v) is 18.6. The maximum absolute atomic E-state index is 2.61. The van der Waals surface area contributed by atoms with Gasteiger partial charge < -0.3 is 0 Å². The highest BCUT2D eigenvalue weighted by atomic mass is 14.6. The van der Waals surface area contributed by atoms with E-state index in [0.717, 1.165) is 19.3 Å². The summed E-state index contributed by atoms with van der Waals surface area (Å²) < 4.78 is 0. The first-order chi connectivity index (χ1) is 22.3. The summed E-state index contributed by atoms with van der Waals surface area (Å²) in [5, 5.41) is 2.91. The van der Waals surface area contributed by atoms with Crippen molar-refractivity contribution in [3.8, 4) is 11.1 Å². The second-order valence-electron chi connectivity index (χ2n) is 17.5. The number of rotatable bonds is 5. The molecule has 1 spiro atoms. The molecule has 0 aliphatic heterocycles. The molecule has 0 aromatic heterocycles. The summed E-state index contributed by atoms with van der Waals surface area (Å²) in [5.41, 5.74) is 20.5. The Hall–Kier alpha value is -3.38. The average molecular weight is 619 g/mol. The Kier molecular flexibility index (Phi) is 6.95. The quantitative estimate of drug-likeness (QED) is 0.195. The molecule has 2 unspecified atom stereocenters. The average Bonchev–Trinajstić information content (AvgIpc) is 3.61. The predicted molar refractivity (Wildman–Crippen MR) is 203 cm³/mol. The molecule has 0 nitrogen and oxygen atoms in total. The van der Waals surface area contributed by atoms with Gasteiger partial charge in [0.25, 0.3) is 0 Å². The zero-order chi connectivity index (χ0) is 33.2. The third-order valence-electron chi connectivity index (χ3n) is 12.7. The topological polar surface area (TPSA) is 0 Å². The fourth-order valence-corrected chi connectivity index (χ4v) is 10.9. The number of hydrogen-bond acceptors (Lipinski definition) is 0. The van der Waals surface area contributed by atoms with Crippen LogP contribution in [0.3, 0.4) is 0 Å². The molecule has 0 saturated carbocycles. The lowest BCUT2D eigenvalue weighted by atomic mass is 9.57. The second-order valence-corrected chi connectivity index (χ2v) is 17.5. The second kappa shape index (κ2) is 10.6. The first kappa shape index (κ1) is 30.9. The van der Waals surface area contributed by atoms with Crippen LogP contribution in [0.15, 0.2) is 77.9 Å². The summed E-state index contributed by atoms with van der Waals surface area (Å²) in [4.78, 5) is 0. The van der Waals surface area contributed by atoms with E-state index in [-0.39, 0.29) is 10.8 Å². The molecule has 2 atom stereocenters. The molecule has 0 amide bonds. The van der Waals surface area contributed by atoms with Gasteiger partial charge in [0.1, 0.15) is 0 Å². The van der Waals surface area contributed by atoms with Crippen molar-refractivity contribution in [2.45, 2.75) is 106 Å². The smallest absolute Gasteiger partial charge is 0.0264 e. The molecule has 4 aliphatic rings. The lowest BCUT2D eigenvalue weighted by Gasteiger charge is -2.47.